The van der Waals surface area contributed by atoms with Crippen LogP contribution < -0.4 is 14.8 Å². The molecular weight excluding hydrogens is 430 g/mol. The van der Waals surface area contributed by atoms with E-state index in [0.717, 1.165) is 47.9 Å². The van der Waals surface area contributed by atoms with Gasteiger partial charge in [0, 0.05) is 12.1 Å². The Labute approximate surface area is 189 Å². The number of nitrogens with one attached hydrogen (secondary N) is 1. The Morgan fingerprint density at radius 1 is 1.19 bits per heavy atom. The van der Waals surface area contributed by atoms with Gasteiger partial charge in [0.05, 0.1) is 11.3 Å². The van der Waals surface area contributed by atoms with Crippen molar-refractivity contribution in [2.45, 2.75) is 59.0 Å². The maximum absolute atomic E-state index is 12.4. The molecule has 0 saturated heterocycles. The smallest absolute Gasteiger partial charge is 0.412 e. The van der Waals surface area contributed by atoms with E-state index < -0.39 is 27.6 Å². The number of unbranched alkanes of at least 4 members (excludes halogenated alkanes) is 2. The summed E-state index contributed by atoms with van der Waals surface area (Å²) in [4.78, 5) is 12.4. The highest BCUT2D eigenvalue weighted by Gasteiger charge is 2.35. The van der Waals surface area contributed by atoms with Gasteiger partial charge in [-0.15, -0.1) is 0 Å². The van der Waals surface area contributed by atoms with Gasteiger partial charge in [0.1, 0.15) is 17.1 Å². The maximum Gasteiger partial charge on any atom is 0.412 e. The van der Waals surface area contributed by atoms with Gasteiger partial charge < -0.3 is 14.8 Å². The number of carbonyl (C=O) groups is 1. The number of rotatable bonds is 8. The van der Waals surface area contributed by atoms with Crippen LogP contribution in [0.5, 0.6) is 11.5 Å². The Balaban J connectivity index is 2.00. The number of carbonyl (C=O) groups excluding carboxylic acids is 1. The van der Waals surface area contributed by atoms with E-state index >= 15 is 0 Å². The van der Waals surface area contributed by atoms with Crippen molar-refractivity contribution < 1.29 is 27.2 Å². The predicted octanol–water partition coefficient (Wildman–Crippen LogP) is 5.00. The van der Waals surface area contributed by atoms with E-state index in [1.807, 2.05) is 45.0 Å². The summed E-state index contributed by atoms with van der Waals surface area (Å²) >= 11 is 0. The molecule has 8 heteroatoms. The summed E-state index contributed by atoms with van der Waals surface area (Å²) in [6.45, 7) is 7.91. The Morgan fingerprint density at radius 3 is 2.62 bits per heavy atom. The molecule has 0 aromatic heterocycles. The number of hydrogen-bond acceptors (Lipinski definition) is 5. The van der Waals surface area contributed by atoms with Crippen molar-refractivity contribution in [2.75, 3.05) is 12.3 Å². The molecule has 0 spiro atoms. The van der Waals surface area contributed by atoms with Crippen LogP contribution in [0.2, 0.25) is 0 Å². The van der Waals surface area contributed by atoms with Crippen LogP contribution in [0.15, 0.2) is 30.3 Å². The molecule has 32 heavy (non-hydrogen) atoms. The zero-order chi connectivity index (χ0) is 23.5. The summed E-state index contributed by atoms with van der Waals surface area (Å²) in [5.74, 6) is 0.430. The zero-order valence-corrected chi connectivity index (χ0v) is 19.8. The highest BCUT2D eigenvalue weighted by molar-refractivity contribution is 7.85. The summed E-state index contributed by atoms with van der Waals surface area (Å²) in [5.41, 5.74) is 4.16. The van der Waals surface area contributed by atoms with Crippen LogP contribution in [0.1, 0.15) is 56.7 Å². The van der Waals surface area contributed by atoms with Crippen LogP contribution in [-0.2, 0) is 22.1 Å². The molecule has 1 aliphatic rings. The lowest BCUT2D eigenvalue weighted by atomic mass is 9.84. The fraction of sp³-hybridized carbons (Fsp3) is 0.458. The molecule has 2 aromatic rings. The highest BCUT2D eigenvalue weighted by atomic mass is 32.2. The molecule has 0 fully saturated rings. The van der Waals surface area contributed by atoms with Crippen molar-refractivity contribution in [3.05, 3.63) is 47.0 Å². The molecule has 0 saturated carbocycles. The minimum atomic E-state index is -4.17. The third-order valence-corrected chi connectivity index (χ3v) is 6.20. The van der Waals surface area contributed by atoms with E-state index in [-0.39, 0.29) is 6.54 Å². The molecule has 0 unspecified atom stereocenters. The van der Waals surface area contributed by atoms with Crippen LogP contribution in [0.4, 0.5) is 4.79 Å². The van der Waals surface area contributed by atoms with Crippen molar-refractivity contribution in [1.82, 2.24) is 5.32 Å². The van der Waals surface area contributed by atoms with Crippen molar-refractivity contribution in [2.24, 2.45) is 0 Å². The van der Waals surface area contributed by atoms with Crippen LogP contribution in [0, 0.1) is 6.92 Å². The number of ether oxygens (including phenoxy) is 2. The van der Waals surface area contributed by atoms with Gasteiger partial charge in [0.2, 0.25) is 0 Å². The van der Waals surface area contributed by atoms with E-state index in [0.29, 0.717) is 17.1 Å². The molecule has 1 heterocycles. The molecular formula is C24H31NO6S. The van der Waals surface area contributed by atoms with Gasteiger partial charge in [-0.25, -0.2) is 4.79 Å². The lowest BCUT2D eigenvalue weighted by Crippen LogP contribution is -2.32. The Morgan fingerprint density at radius 2 is 1.94 bits per heavy atom. The summed E-state index contributed by atoms with van der Waals surface area (Å²) in [6, 6.07) is 9.97. The molecule has 174 valence electrons. The number of hydrogen-bond donors (Lipinski definition) is 2. The van der Waals surface area contributed by atoms with Crippen LogP contribution >= 0.6 is 0 Å². The average Bonchev–Trinajstić information content (AvgIpc) is 2.66. The number of amides is 1. The maximum atomic E-state index is 12.4. The van der Waals surface area contributed by atoms with Crippen molar-refractivity contribution in [1.29, 1.82) is 0 Å². The monoisotopic (exact) mass is 461 g/mol. The molecule has 0 aliphatic carbocycles. The second-order valence-electron chi connectivity index (χ2n) is 8.69. The molecule has 0 atom stereocenters. The number of fused-ring (bicyclic) bond motifs is 3. The summed E-state index contributed by atoms with van der Waals surface area (Å²) in [6.07, 6.45) is 3.24. The quantitative estimate of drug-likeness (QED) is 0.424. The first-order valence-electron chi connectivity index (χ1n) is 10.9. The van der Waals surface area contributed by atoms with Gasteiger partial charge in [-0.3, -0.25) is 4.55 Å². The van der Waals surface area contributed by atoms with E-state index in [4.69, 9.17) is 14.0 Å². The largest absolute Gasteiger partial charge is 0.482 e. The van der Waals surface area contributed by atoms with Gasteiger partial charge in [0.25, 0.3) is 10.1 Å². The Kier molecular flexibility index (Phi) is 7.15. The normalized spacial score (nSPS) is 14.2. The molecule has 2 aromatic carbocycles. The third kappa shape index (κ3) is 5.81. The van der Waals surface area contributed by atoms with Crippen molar-refractivity contribution in [3.63, 3.8) is 0 Å². The second-order valence-corrected chi connectivity index (χ2v) is 10.3. The predicted molar refractivity (Wildman–Crippen MR) is 124 cm³/mol. The van der Waals surface area contributed by atoms with Crippen LogP contribution in [-0.4, -0.2) is 31.4 Å². The summed E-state index contributed by atoms with van der Waals surface area (Å²) < 4.78 is 42.7. The first kappa shape index (κ1) is 24.1. The van der Waals surface area contributed by atoms with Crippen LogP contribution in [0.25, 0.3) is 11.1 Å². The summed E-state index contributed by atoms with van der Waals surface area (Å²) in [5, 5.41) is 2.38. The highest BCUT2D eigenvalue weighted by Crippen LogP contribution is 2.50. The summed E-state index contributed by atoms with van der Waals surface area (Å²) in [7, 11) is -4.17. The molecule has 0 bridgehead atoms. The molecule has 2 N–H and O–H groups in total. The van der Waals surface area contributed by atoms with E-state index in [1.165, 1.54) is 0 Å². The topological polar surface area (TPSA) is 102 Å². The van der Waals surface area contributed by atoms with Gasteiger partial charge in [-0.2, -0.15) is 8.42 Å². The van der Waals surface area contributed by atoms with Gasteiger partial charge in [-0.1, -0.05) is 43.5 Å². The second kappa shape index (κ2) is 9.50. The molecule has 0 radical (unpaired) electrons. The molecule has 1 aliphatic heterocycles. The van der Waals surface area contributed by atoms with E-state index in [9.17, 15) is 13.2 Å². The number of benzene rings is 2. The SMILES string of the molecule is CCCCCc1cc(OC(=O)NCCS(=O)(=O)O)c2c(c1)OC(C)(C)c1ccc(C)cc1-2. The van der Waals surface area contributed by atoms with Gasteiger partial charge in [0.15, 0.2) is 0 Å². The molecule has 7 nitrogen and oxygen atoms in total. The first-order valence-corrected chi connectivity index (χ1v) is 12.5. The standard InChI is InChI=1S/C24H31NO6S/c1-5-6-7-8-17-14-20(30-23(26)25-11-12-32(27,28)29)22-18-13-16(2)9-10-19(18)24(3,4)31-21(22)15-17/h9-10,13-15H,5-8,11-12H2,1-4H3,(H,25,26)(H,27,28,29). The van der Waals surface area contributed by atoms with Gasteiger partial charge in [-0.05, 0) is 56.9 Å². The van der Waals surface area contributed by atoms with E-state index in [2.05, 4.69) is 18.3 Å². The van der Waals surface area contributed by atoms with Crippen molar-refractivity contribution >= 4 is 16.2 Å². The minimum Gasteiger partial charge on any atom is -0.482 e. The molecule has 1 amide bonds. The Bertz CT molecular complexity index is 1110. The van der Waals surface area contributed by atoms with Gasteiger partial charge >= 0.3 is 6.09 Å². The lowest BCUT2D eigenvalue weighted by Gasteiger charge is -2.36. The average molecular weight is 462 g/mol. The van der Waals surface area contributed by atoms with Crippen LogP contribution in [0.3, 0.4) is 0 Å². The minimum absolute atomic E-state index is 0.255. The lowest BCUT2D eigenvalue weighted by molar-refractivity contribution is 0.105. The molecule has 3 rings (SSSR count). The third-order valence-electron chi connectivity index (χ3n) is 5.48. The fourth-order valence-corrected chi connectivity index (χ4v) is 4.29. The number of aryl methyl sites for hydroxylation is 2. The van der Waals surface area contributed by atoms with Crippen molar-refractivity contribution in [3.8, 4) is 22.6 Å². The van der Waals surface area contributed by atoms with E-state index in [1.54, 1.807) is 0 Å². The first-order chi connectivity index (χ1) is 15.0. The Hall–Kier alpha value is -2.58. The fourth-order valence-electron chi connectivity index (χ4n) is 3.93. The zero-order valence-electron chi connectivity index (χ0n) is 19.0.